The maximum atomic E-state index is 14.4. The fourth-order valence-electron chi connectivity index (χ4n) is 15.5. The number of ether oxygens (including phenoxy) is 1. The molecule has 1 aliphatic heterocycles. The van der Waals surface area contributed by atoms with E-state index < -0.39 is 88.0 Å². The second-order valence-corrected chi connectivity index (χ2v) is 23.8. The smallest absolute Gasteiger partial charge is 0.251 e. The van der Waals surface area contributed by atoms with Crippen molar-refractivity contribution in [3.63, 3.8) is 0 Å². The Morgan fingerprint density at radius 2 is 1.53 bits per heavy atom. The van der Waals surface area contributed by atoms with Crippen LogP contribution in [0.1, 0.15) is 148 Å². The predicted molar refractivity (Wildman–Crippen MR) is 261 cm³/mol. The quantitative estimate of drug-likeness (QED) is 0.0803. The number of allylic oxidation sites excluding steroid dienone is 3. The Balaban J connectivity index is 0.000000305. The van der Waals surface area contributed by atoms with E-state index in [4.69, 9.17) is 9.62 Å². The van der Waals surface area contributed by atoms with Gasteiger partial charge >= 0.3 is 0 Å². The average Bonchev–Trinajstić information content (AvgIpc) is 3.29. The third-order valence-electron chi connectivity index (χ3n) is 19.9. The van der Waals surface area contributed by atoms with E-state index in [0.29, 0.717) is 27.5 Å². The number of amides is 1. The minimum absolute atomic E-state index is 0. The molecular weight excluding hydrogens is 1310 g/mol. The Kier molecular flexibility index (Phi) is 18.2. The molecule has 2 radical (unpaired) electrons. The Morgan fingerprint density at radius 1 is 0.900 bits per heavy atom. The second-order valence-electron chi connectivity index (χ2n) is 23.8. The first kappa shape index (κ1) is 58.6. The van der Waals surface area contributed by atoms with Crippen LogP contribution in [0.2, 0.25) is 0 Å². The van der Waals surface area contributed by atoms with E-state index in [9.17, 15) is 40.4 Å². The van der Waals surface area contributed by atoms with Gasteiger partial charge in [0, 0.05) is 117 Å². The van der Waals surface area contributed by atoms with Gasteiger partial charge in [-0.25, -0.2) is 4.89 Å². The summed E-state index contributed by atoms with van der Waals surface area (Å²) in [7, 11) is 0. The Labute approximate surface area is 488 Å². The van der Waals surface area contributed by atoms with Crippen LogP contribution in [0.25, 0.3) is 0 Å². The van der Waals surface area contributed by atoms with Crippen molar-refractivity contribution in [2.75, 3.05) is 6.61 Å². The number of benzene rings is 2. The normalized spacial score (nSPS) is 38.5. The number of Topliss-reactive ketones (excluding diaryl/α,β-unsaturated/α-hetero) is 1. The van der Waals surface area contributed by atoms with Crippen LogP contribution in [0.15, 0.2) is 95.1 Å². The maximum absolute atomic E-state index is 14.4. The van der Waals surface area contributed by atoms with Gasteiger partial charge in [-0.2, -0.15) is 0 Å². The molecule has 13 heteroatoms. The van der Waals surface area contributed by atoms with Gasteiger partial charge < -0.3 is 35.6 Å². The van der Waals surface area contributed by atoms with E-state index in [1.807, 2.05) is 5.57 Å². The van der Waals surface area contributed by atoms with Crippen molar-refractivity contribution in [2.24, 2.45) is 51.2 Å². The fourth-order valence-corrected chi connectivity index (χ4v) is 15.5. The van der Waals surface area contributed by atoms with E-state index in [1.54, 1.807) is 106 Å². The molecule has 4 saturated carbocycles. The van der Waals surface area contributed by atoms with Gasteiger partial charge in [0.05, 0.1) is 35.9 Å². The molecule has 7 aliphatic rings. The Bertz CT molecular complexity index is 2320. The molecule has 1 amide bonds. The zero-order valence-corrected chi connectivity index (χ0v) is 52.6. The molecule has 11 unspecified atom stereocenters. The van der Waals surface area contributed by atoms with Crippen molar-refractivity contribution in [3.8, 4) is 0 Å². The molecule has 1 heterocycles. The van der Waals surface area contributed by atoms with Crippen molar-refractivity contribution in [2.45, 2.75) is 174 Å². The molecular formula is C57H79Ac2NO10. The van der Waals surface area contributed by atoms with Crippen molar-refractivity contribution in [3.05, 3.63) is 106 Å². The van der Waals surface area contributed by atoms with E-state index in [-0.39, 0.29) is 113 Å². The van der Waals surface area contributed by atoms with Crippen LogP contribution >= 0.6 is 0 Å². The van der Waals surface area contributed by atoms with Crippen LogP contribution in [0.3, 0.4) is 0 Å². The summed E-state index contributed by atoms with van der Waals surface area (Å²) in [4.78, 5) is 32.9. The summed E-state index contributed by atoms with van der Waals surface area (Å²) in [6.07, 6.45) is 4.02. The third-order valence-corrected chi connectivity index (χ3v) is 19.9. The van der Waals surface area contributed by atoms with Crippen molar-refractivity contribution >= 4 is 11.7 Å². The molecule has 11 nitrogen and oxygen atoms in total. The molecule has 2 aromatic carbocycles. The first-order chi connectivity index (χ1) is 31.9. The topological polar surface area (TPSA) is 186 Å². The SMILES string of the molecule is C=C1CCC[C@@]2(C)CCC3=C(C)CCC(CC12)C3(C)C.CC1=C2C(O)C(=O)[C@]3(C)C(O)CC4OC[C@@]4(O)C3C(C)C(O)(CC1[C@H](OO)C(O)C(NC(=O)c1ccccc1)c1ccccc1)C2(C)C.[Ac].[Ac]. The largest absolute Gasteiger partial charge is 0.392 e. The molecule has 2 aromatic rings. The summed E-state index contributed by atoms with van der Waals surface area (Å²) in [5, 5.41) is 73.7. The molecule has 0 spiro atoms. The first-order valence-corrected chi connectivity index (χ1v) is 25.3. The number of hydrogen-bond donors (Lipinski definition) is 7. The zero-order chi connectivity index (χ0) is 49.5. The number of aliphatic hydroxyl groups excluding tert-OH is 3. The minimum Gasteiger partial charge on any atom is -0.392 e. The Morgan fingerprint density at radius 3 is 2.13 bits per heavy atom. The zero-order valence-electron chi connectivity index (χ0n) is 43.1. The van der Waals surface area contributed by atoms with Crippen molar-refractivity contribution < 1.29 is 138 Å². The molecule has 6 aliphatic carbocycles. The van der Waals surface area contributed by atoms with Crippen LogP contribution in [0.5, 0.6) is 0 Å². The van der Waals surface area contributed by atoms with E-state index in [2.05, 4.69) is 39.6 Å². The third kappa shape index (κ3) is 9.65. The molecule has 4 bridgehead atoms. The van der Waals surface area contributed by atoms with Crippen LogP contribution in [0.4, 0.5) is 0 Å². The number of hydrogen-bond acceptors (Lipinski definition) is 10. The molecule has 7 N–H and O–H groups in total. The summed E-state index contributed by atoms with van der Waals surface area (Å²) < 4.78 is 5.64. The van der Waals surface area contributed by atoms with Gasteiger partial charge in [0.2, 0.25) is 0 Å². The van der Waals surface area contributed by atoms with Gasteiger partial charge in [-0.3, -0.25) is 14.8 Å². The summed E-state index contributed by atoms with van der Waals surface area (Å²) in [6.45, 7) is 22.8. The molecule has 70 heavy (non-hydrogen) atoms. The number of carbonyl (C=O) groups is 2. The molecule has 15 atom stereocenters. The molecule has 1 saturated heterocycles. The van der Waals surface area contributed by atoms with E-state index >= 15 is 0 Å². The number of aliphatic hydroxyl groups is 5. The van der Waals surface area contributed by atoms with Crippen LogP contribution in [-0.2, 0) is 14.4 Å². The summed E-state index contributed by atoms with van der Waals surface area (Å²) in [6, 6.07) is 16.1. The van der Waals surface area contributed by atoms with Gasteiger partial charge in [0.1, 0.15) is 23.9 Å². The van der Waals surface area contributed by atoms with Crippen LogP contribution in [0, 0.1) is 139 Å². The minimum atomic E-state index is -1.79. The van der Waals surface area contributed by atoms with Gasteiger partial charge in [0.15, 0.2) is 5.78 Å². The fraction of sp³-hybridized carbons (Fsp3) is 0.649. The molecule has 5 fully saturated rings. The van der Waals surface area contributed by atoms with Gasteiger partial charge in [-0.15, -0.1) is 0 Å². The maximum Gasteiger partial charge on any atom is 0.251 e. The number of nitrogens with one attached hydrogen (secondary N) is 1. The van der Waals surface area contributed by atoms with Gasteiger partial charge in [0.25, 0.3) is 5.91 Å². The van der Waals surface area contributed by atoms with Crippen molar-refractivity contribution in [1.29, 1.82) is 0 Å². The van der Waals surface area contributed by atoms with Crippen LogP contribution < -0.4 is 5.32 Å². The van der Waals surface area contributed by atoms with Gasteiger partial charge in [-0.1, -0.05) is 119 Å². The number of carbonyl (C=O) groups excluding carboxylic acids is 2. The summed E-state index contributed by atoms with van der Waals surface area (Å²) >= 11 is 0. The van der Waals surface area contributed by atoms with Gasteiger partial charge in [-0.05, 0) is 130 Å². The number of ketones is 1. The average molecular weight is 1390 g/mol. The van der Waals surface area contributed by atoms with E-state index in [1.165, 1.54) is 51.4 Å². The number of rotatable bonds is 7. The molecule has 9 rings (SSSR count). The Hall–Kier alpha value is -0.637. The first-order valence-electron chi connectivity index (χ1n) is 25.3. The molecule has 378 valence electrons. The summed E-state index contributed by atoms with van der Waals surface area (Å²) in [5.74, 6) is -2.33. The predicted octanol–water partition coefficient (Wildman–Crippen LogP) is 8.85. The van der Waals surface area contributed by atoms with Crippen molar-refractivity contribution in [1.82, 2.24) is 5.32 Å². The second kappa shape index (κ2) is 21.8. The van der Waals surface area contributed by atoms with E-state index in [0.717, 1.165) is 11.8 Å². The monoisotopic (exact) mass is 1390 g/mol. The summed E-state index contributed by atoms with van der Waals surface area (Å²) in [5.41, 5.74) is 1.38. The van der Waals surface area contributed by atoms with Crippen LogP contribution in [-0.4, -0.2) is 90.8 Å². The number of fused-ring (bicyclic) bond motifs is 8. The molecule has 0 aromatic heterocycles. The standard InChI is InChI=1S/C37H47NO10.C20H32.2Ac/c1-19-23(30(48-46)29(41)27(21-12-8-6-9-13-21)38-33(43)22-14-10-7-11-15-22)17-37(45)20(2)31-35(5,24(39)16-25-36(31,44)18-47-25)32(42)28(40)26(19)34(37,3)4;1-14-7-6-11-20(5)12-10-17-15(2)8-9-16(13-18(14)20)19(17,3)4;;/h6-15,20,23-25,27-31,39-41,44-46H,16-18H2,1-5H3,(H,38,43);16,18H,1,6-13H2,2-5H3;;/t20?,23?,24?,25?,27?,28?,29?,30-,31?,35+,36-,37?;16?,18?,20-;;/m00../s1.